The maximum Gasteiger partial charge on any atom is 0.319 e. The number of ether oxygens (including phenoxy) is 2. The van der Waals surface area contributed by atoms with E-state index in [1.807, 2.05) is 0 Å². The number of esters is 2. The molecule has 16 heavy (non-hydrogen) atoms. The SMILES string of the molecule is CCOC(=O)C(C)(CC)C(=O)COC(C)=O. The number of Topliss-reactive ketones (excluding diaryl/α,β-unsaturated/α-hetero) is 1. The first-order valence-electron chi connectivity index (χ1n) is 5.22. The van der Waals surface area contributed by atoms with Crippen LogP contribution in [0.25, 0.3) is 0 Å². The minimum atomic E-state index is -1.23. The minimum Gasteiger partial charge on any atom is -0.465 e. The summed E-state index contributed by atoms with van der Waals surface area (Å²) in [5.41, 5.74) is -1.23. The monoisotopic (exact) mass is 230 g/mol. The van der Waals surface area contributed by atoms with E-state index in [0.717, 1.165) is 0 Å². The molecule has 0 spiro atoms. The van der Waals surface area contributed by atoms with Gasteiger partial charge in [0.15, 0.2) is 12.4 Å². The van der Waals surface area contributed by atoms with Crippen LogP contribution in [0.4, 0.5) is 0 Å². The van der Waals surface area contributed by atoms with Crippen molar-refractivity contribution in [1.82, 2.24) is 0 Å². The van der Waals surface area contributed by atoms with Crippen molar-refractivity contribution in [3.63, 3.8) is 0 Å². The molecule has 0 N–H and O–H groups in total. The van der Waals surface area contributed by atoms with Crippen LogP contribution in [0.15, 0.2) is 0 Å². The average Bonchev–Trinajstić information content (AvgIpc) is 2.24. The minimum absolute atomic E-state index is 0.218. The molecule has 0 aromatic rings. The van der Waals surface area contributed by atoms with Crippen molar-refractivity contribution in [2.45, 2.75) is 34.1 Å². The topological polar surface area (TPSA) is 69.7 Å². The molecule has 0 aromatic carbocycles. The molecule has 92 valence electrons. The Labute approximate surface area is 95.1 Å². The van der Waals surface area contributed by atoms with Gasteiger partial charge in [-0.05, 0) is 20.3 Å². The van der Waals surface area contributed by atoms with Gasteiger partial charge in [0.05, 0.1) is 6.61 Å². The van der Waals surface area contributed by atoms with Crippen LogP contribution in [0.2, 0.25) is 0 Å². The Bertz CT molecular complexity index is 284. The quantitative estimate of drug-likeness (QED) is 0.504. The van der Waals surface area contributed by atoms with E-state index in [0.29, 0.717) is 6.42 Å². The lowest BCUT2D eigenvalue weighted by Gasteiger charge is -2.23. The van der Waals surface area contributed by atoms with Crippen molar-refractivity contribution < 1.29 is 23.9 Å². The highest BCUT2D eigenvalue weighted by Crippen LogP contribution is 2.24. The molecular weight excluding hydrogens is 212 g/mol. The predicted molar refractivity (Wildman–Crippen MR) is 56.7 cm³/mol. The van der Waals surface area contributed by atoms with E-state index < -0.39 is 29.7 Å². The molecule has 0 bridgehead atoms. The largest absolute Gasteiger partial charge is 0.465 e. The number of carbonyl (C=O) groups is 3. The summed E-state index contributed by atoms with van der Waals surface area (Å²) in [7, 11) is 0. The first-order chi connectivity index (χ1) is 7.38. The van der Waals surface area contributed by atoms with Gasteiger partial charge in [-0.25, -0.2) is 0 Å². The fourth-order valence-electron chi connectivity index (χ4n) is 1.07. The third kappa shape index (κ3) is 3.64. The first kappa shape index (κ1) is 14.6. The van der Waals surface area contributed by atoms with Crippen molar-refractivity contribution in [1.29, 1.82) is 0 Å². The fourth-order valence-corrected chi connectivity index (χ4v) is 1.07. The van der Waals surface area contributed by atoms with Crippen molar-refractivity contribution in [2.24, 2.45) is 5.41 Å². The van der Waals surface area contributed by atoms with Crippen LogP contribution in [0, 0.1) is 5.41 Å². The Morgan fingerprint density at radius 2 is 1.69 bits per heavy atom. The summed E-state index contributed by atoms with van der Waals surface area (Å²) < 4.78 is 9.41. The van der Waals surface area contributed by atoms with Gasteiger partial charge in [-0.1, -0.05) is 6.92 Å². The van der Waals surface area contributed by atoms with Crippen molar-refractivity contribution in [3.8, 4) is 0 Å². The summed E-state index contributed by atoms with van der Waals surface area (Å²) >= 11 is 0. The molecule has 0 aromatic heterocycles. The highest BCUT2D eigenvalue weighted by atomic mass is 16.5. The van der Waals surface area contributed by atoms with Crippen molar-refractivity contribution >= 4 is 17.7 Å². The van der Waals surface area contributed by atoms with Gasteiger partial charge in [0.2, 0.25) is 0 Å². The molecule has 0 aliphatic heterocycles. The summed E-state index contributed by atoms with van der Waals surface area (Å²) in [4.78, 5) is 33.9. The molecule has 0 radical (unpaired) electrons. The Morgan fingerprint density at radius 3 is 2.06 bits per heavy atom. The molecule has 5 heteroatoms. The smallest absolute Gasteiger partial charge is 0.319 e. The van der Waals surface area contributed by atoms with E-state index in [1.165, 1.54) is 13.8 Å². The zero-order valence-electron chi connectivity index (χ0n) is 10.2. The Kier molecular flexibility index (Phi) is 5.71. The molecule has 0 saturated carbocycles. The van der Waals surface area contributed by atoms with E-state index in [1.54, 1.807) is 13.8 Å². The maximum absolute atomic E-state index is 11.7. The number of hydrogen-bond acceptors (Lipinski definition) is 5. The lowest BCUT2D eigenvalue weighted by molar-refractivity contribution is -0.163. The van der Waals surface area contributed by atoms with E-state index in [-0.39, 0.29) is 6.61 Å². The van der Waals surface area contributed by atoms with Crippen LogP contribution in [0.5, 0.6) is 0 Å². The molecule has 0 fully saturated rings. The number of hydrogen-bond donors (Lipinski definition) is 0. The van der Waals surface area contributed by atoms with Gasteiger partial charge in [-0.15, -0.1) is 0 Å². The second-order valence-corrected chi connectivity index (χ2v) is 3.61. The van der Waals surface area contributed by atoms with Gasteiger partial charge >= 0.3 is 11.9 Å². The van der Waals surface area contributed by atoms with Crippen LogP contribution < -0.4 is 0 Å². The van der Waals surface area contributed by atoms with Gasteiger partial charge < -0.3 is 9.47 Å². The van der Waals surface area contributed by atoms with Crippen LogP contribution in [-0.4, -0.2) is 30.9 Å². The highest BCUT2D eigenvalue weighted by molar-refractivity contribution is 6.04. The van der Waals surface area contributed by atoms with Crippen LogP contribution in [0.3, 0.4) is 0 Å². The van der Waals surface area contributed by atoms with Crippen molar-refractivity contribution in [2.75, 3.05) is 13.2 Å². The third-order valence-electron chi connectivity index (χ3n) is 2.46. The molecular formula is C11H18O5. The molecule has 0 amide bonds. The summed E-state index contributed by atoms with van der Waals surface area (Å²) in [6.07, 6.45) is 0.311. The summed E-state index contributed by atoms with van der Waals surface area (Å²) in [5, 5.41) is 0. The zero-order chi connectivity index (χ0) is 12.8. The normalized spacial score (nSPS) is 13.8. The Hall–Kier alpha value is -1.39. The highest BCUT2D eigenvalue weighted by Gasteiger charge is 2.40. The predicted octanol–water partition coefficient (Wildman–Crippen LogP) is 1.10. The van der Waals surface area contributed by atoms with Gasteiger partial charge in [0, 0.05) is 6.92 Å². The van der Waals surface area contributed by atoms with E-state index in [2.05, 4.69) is 4.74 Å². The average molecular weight is 230 g/mol. The summed E-state index contributed by atoms with van der Waals surface area (Å²) in [6.45, 7) is 5.92. The van der Waals surface area contributed by atoms with Gasteiger partial charge in [0.1, 0.15) is 5.41 Å². The Morgan fingerprint density at radius 1 is 1.12 bits per heavy atom. The van der Waals surface area contributed by atoms with E-state index in [4.69, 9.17) is 4.74 Å². The molecule has 1 atom stereocenters. The van der Waals surface area contributed by atoms with E-state index >= 15 is 0 Å². The number of carbonyl (C=O) groups excluding carboxylic acids is 3. The van der Waals surface area contributed by atoms with Gasteiger partial charge in [-0.2, -0.15) is 0 Å². The number of rotatable bonds is 6. The Balaban J connectivity index is 4.61. The molecule has 0 heterocycles. The zero-order valence-corrected chi connectivity index (χ0v) is 10.2. The summed E-state index contributed by atoms with van der Waals surface area (Å²) in [6, 6.07) is 0. The van der Waals surface area contributed by atoms with E-state index in [9.17, 15) is 14.4 Å². The molecule has 5 nitrogen and oxygen atoms in total. The number of ketones is 1. The standard InChI is InChI=1S/C11H18O5/c1-5-11(4,10(14)15-6-2)9(13)7-16-8(3)12/h5-7H2,1-4H3. The third-order valence-corrected chi connectivity index (χ3v) is 2.46. The lowest BCUT2D eigenvalue weighted by atomic mass is 9.83. The molecule has 1 unspecified atom stereocenters. The van der Waals surface area contributed by atoms with Crippen molar-refractivity contribution in [3.05, 3.63) is 0 Å². The molecule has 0 aliphatic carbocycles. The first-order valence-corrected chi connectivity index (χ1v) is 5.22. The fraction of sp³-hybridized carbons (Fsp3) is 0.727. The van der Waals surface area contributed by atoms with Gasteiger partial charge in [0.25, 0.3) is 0 Å². The van der Waals surface area contributed by atoms with Crippen LogP contribution in [0.1, 0.15) is 34.1 Å². The second-order valence-electron chi connectivity index (χ2n) is 3.61. The van der Waals surface area contributed by atoms with Crippen LogP contribution >= 0.6 is 0 Å². The molecule has 0 rings (SSSR count). The van der Waals surface area contributed by atoms with Crippen LogP contribution in [-0.2, 0) is 23.9 Å². The lowest BCUT2D eigenvalue weighted by Crippen LogP contribution is -2.40. The molecule has 0 aliphatic rings. The molecule has 0 saturated heterocycles. The second kappa shape index (κ2) is 6.25. The maximum atomic E-state index is 11.7. The summed E-state index contributed by atoms with van der Waals surface area (Å²) in [5.74, 6) is -1.56. The van der Waals surface area contributed by atoms with Gasteiger partial charge in [-0.3, -0.25) is 14.4 Å².